The van der Waals surface area contributed by atoms with Gasteiger partial charge in [-0.25, -0.2) is 18.2 Å². The fourth-order valence-corrected chi connectivity index (χ4v) is 3.36. The molecule has 28 heavy (non-hydrogen) atoms. The molecule has 0 bridgehead atoms. The van der Waals surface area contributed by atoms with Crippen LogP contribution in [0.1, 0.15) is 25.7 Å². The van der Waals surface area contributed by atoms with Crippen molar-refractivity contribution in [2.45, 2.75) is 31.7 Å². The summed E-state index contributed by atoms with van der Waals surface area (Å²) in [7, 11) is 0. The first-order chi connectivity index (χ1) is 13.6. The van der Waals surface area contributed by atoms with Gasteiger partial charge in [0, 0.05) is 17.7 Å². The number of nitrogens with zero attached hydrogens (tertiary/aromatic N) is 2. The number of hydrogen-bond donors (Lipinski definition) is 2. The summed E-state index contributed by atoms with van der Waals surface area (Å²) >= 11 is 0. The van der Waals surface area contributed by atoms with Crippen LogP contribution >= 0.6 is 0 Å². The lowest BCUT2D eigenvalue weighted by molar-refractivity contribution is 0.499. The van der Waals surface area contributed by atoms with E-state index in [1.54, 1.807) is 6.07 Å². The maximum Gasteiger partial charge on any atom is 0.225 e. The van der Waals surface area contributed by atoms with Crippen LogP contribution in [0.5, 0.6) is 0 Å². The molecular weight excluding hydrogens is 365 g/mol. The van der Waals surface area contributed by atoms with E-state index in [9.17, 15) is 13.2 Å². The molecule has 0 amide bonds. The lowest BCUT2D eigenvalue weighted by Crippen LogP contribution is -2.17. The number of nitrogens with one attached hydrogen (secondary N) is 2. The molecule has 2 aromatic carbocycles. The lowest BCUT2D eigenvalue weighted by Gasteiger charge is -2.15. The second-order valence-electron chi connectivity index (χ2n) is 6.80. The Balaban J connectivity index is 1.72. The number of anilines is 3. The summed E-state index contributed by atoms with van der Waals surface area (Å²) in [5.74, 6) is -2.77. The maximum absolute atomic E-state index is 14.1. The van der Waals surface area contributed by atoms with E-state index in [2.05, 4.69) is 20.6 Å². The van der Waals surface area contributed by atoms with E-state index in [0.717, 1.165) is 43.4 Å². The van der Waals surface area contributed by atoms with Crippen molar-refractivity contribution in [3.05, 3.63) is 66.0 Å². The summed E-state index contributed by atoms with van der Waals surface area (Å²) in [4.78, 5) is 8.89. The number of rotatable bonds is 5. The summed E-state index contributed by atoms with van der Waals surface area (Å²) in [5, 5.41) is 5.87. The van der Waals surface area contributed by atoms with Crippen LogP contribution in [-0.2, 0) is 0 Å². The van der Waals surface area contributed by atoms with Gasteiger partial charge in [-0.2, -0.15) is 4.98 Å². The van der Waals surface area contributed by atoms with Crippen molar-refractivity contribution in [2.75, 3.05) is 10.6 Å². The van der Waals surface area contributed by atoms with E-state index in [1.165, 1.54) is 0 Å². The summed E-state index contributed by atoms with van der Waals surface area (Å²) < 4.78 is 41.6. The third kappa shape index (κ3) is 3.93. The minimum absolute atomic E-state index is 0.178. The Hall–Kier alpha value is -3.09. The molecule has 1 heterocycles. The quantitative estimate of drug-likeness (QED) is 0.558. The Morgan fingerprint density at radius 1 is 0.857 bits per heavy atom. The average molecular weight is 384 g/mol. The SMILES string of the molecule is Fc1ccc(F)c(Nc2cc(-c3ccccc3)nc(NC3CCCC3)n2)c1F. The van der Waals surface area contributed by atoms with Gasteiger partial charge in [0.25, 0.3) is 0 Å². The number of halogens is 3. The van der Waals surface area contributed by atoms with Crippen LogP contribution in [0.25, 0.3) is 11.3 Å². The molecule has 144 valence electrons. The van der Waals surface area contributed by atoms with Crippen LogP contribution in [0.3, 0.4) is 0 Å². The average Bonchev–Trinajstić information content (AvgIpc) is 3.22. The second-order valence-corrected chi connectivity index (χ2v) is 6.80. The van der Waals surface area contributed by atoms with Crippen LogP contribution in [0.2, 0.25) is 0 Å². The zero-order valence-electron chi connectivity index (χ0n) is 15.1. The normalized spacial score (nSPS) is 14.2. The molecule has 1 fully saturated rings. The van der Waals surface area contributed by atoms with Crippen LogP contribution in [0.15, 0.2) is 48.5 Å². The molecule has 0 aliphatic heterocycles. The van der Waals surface area contributed by atoms with Crippen molar-refractivity contribution in [3.8, 4) is 11.3 Å². The lowest BCUT2D eigenvalue weighted by atomic mass is 10.1. The smallest absolute Gasteiger partial charge is 0.225 e. The van der Waals surface area contributed by atoms with E-state index in [4.69, 9.17) is 0 Å². The molecule has 0 saturated heterocycles. The molecule has 7 heteroatoms. The topological polar surface area (TPSA) is 49.8 Å². The first-order valence-electron chi connectivity index (χ1n) is 9.22. The van der Waals surface area contributed by atoms with E-state index in [1.807, 2.05) is 30.3 Å². The van der Waals surface area contributed by atoms with Crippen molar-refractivity contribution >= 4 is 17.5 Å². The molecule has 1 aliphatic rings. The molecule has 2 N–H and O–H groups in total. The Bertz CT molecular complexity index is 973. The second kappa shape index (κ2) is 7.88. The minimum Gasteiger partial charge on any atom is -0.351 e. The van der Waals surface area contributed by atoms with Crippen LogP contribution < -0.4 is 10.6 Å². The molecule has 1 aliphatic carbocycles. The fraction of sp³-hybridized carbons (Fsp3) is 0.238. The Morgan fingerprint density at radius 2 is 1.57 bits per heavy atom. The third-order valence-corrected chi connectivity index (χ3v) is 4.78. The van der Waals surface area contributed by atoms with Crippen molar-refractivity contribution in [1.29, 1.82) is 0 Å². The molecule has 0 unspecified atom stereocenters. The summed E-state index contributed by atoms with van der Waals surface area (Å²) in [6, 6.07) is 12.9. The van der Waals surface area contributed by atoms with E-state index in [0.29, 0.717) is 11.6 Å². The van der Waals surface area contributed by atoms with Gasteiger partial charge in [0.1, 0.15) is 17.3 Å². The molecular formula is C21H19F3N4. The molecule has 3 aromatic rings. The van der Waals surface area contributed by atoms with Gasteiger partial charge in [0.2, 0.25) is 5.95 Å². The number of hydrogen-bond acceptors (Lipinski definition) is 4. The van der Waals surface area contributed by atoms with Crippen molar-refractivity contribution in [2.24, 2.45) is 0 Å². The van der Waals surface area contributed by atoms with Gasteiger partial charge in [0.05, 0.1) is 5.69 Å². The van der Waals surface area contributed by atoms with E-state index < -0.39 is 23.1 Å². The monoisotopic (exact) mass is 384 g/mol. The first kappa shape index (κ1) is 18.3. The van der Waals surface area contributed by atoms with Crippen molar-refractivity contribution < 1.29 is 13.2 Å². The predicted molar refractivity (Wildman–Crippen MR) is 103 cm³/mol. The Kier molecular flexibility index (Phi) is 5.14. The van der Waals surface area contributed by atoms with Gasteiger partial charge in [-0.1, -0.05) is 43.2 Å². The highest BCUT2D eigenvalue weighted by atomic mass is 19.2. The van der Waals surface area contributed by atoms with Crippen LogP contribution in [0.4, 0.5) is 30.6 Å². The van der Waals surface area contributed by atoms with E-state index >= 15 is 0 Å². The van der Waals surface area contributed by atoms with Gasteiger partial charge >= 0.3 is 0 Å². The molecule has 4 nitrogen and oxygen atoms in total. The largest absolute Gasteiger partial charge is 0.351 e. The molecule has 0 radical (unpaired) electrons. The van der Waals surface area contributed by atoms with Gasteiger partial charge in [-0.15, -0.1) is 0 Å². The van der Waals surface area contributed by atoms with Gasteiger partial charge in [-0.3, -0.25) is 0 Å². The molecule has 4 rings (SSSR count). The fourth-order valence-electron chi connectivity index (χ4n) is 3.36. The van der Waals surface area contributed by atoms with Gasteiger partial charge in [0.15, 0.2) is 11.6 Å². The molecule has 1 aromatic heterocycles. The van der Waals surface area contributed by atoms with Crippen molar-refractivity contribution in [1.82, 2.24) is 9.97 Å². The van der Waals surface area contributed by atoms with E-state index in [-0.39, 0.29) is 11.9 Å². The summed E-state index contributed by atoms with van der Waals surface area (Å²) in [6.07, 6.45) is 4.32. The third-order valence-electron chi connectivity index (χ3n) is 4.78. The zero-order chi connectivity index (χ0) is 19.5. The molecule has 1 saturated carbocycles. The Labute approximate surface area is 160 Å². The zero-order valence-corrected chi connectivity index (χ0v) is 15.1. The molecule has 0 atom stereocenters. The van der Waals surface area contributed by atoms with Crippen LogP contribution in [-0.4, -0.2) is 16.0 Å². The first-order valence-corrected chi connectivity index (χ1v) is 9.22. The minimum atomic E-state index is -1.29. The molecule has 0 spiro atoms. The van der Waals surface area contributed by atoms with Gasteiger partial charge < -0.3 is 10.6 Å². The highest BCUT2D eigenvalue weighted by Gasteiger charge is 2.18. The standard InChI is InChI=1S/C21H19F3N4/c22-15-10-11-16(23)20(19(15)24)27-18-12-17(13-6-2-1-3-7-13)26-21(28-18)25-14-8-4-5-9-14/h1-3,6-7,10-12,14H,4-5,8-9H2,(H2,25,26,27,28). The number of benzene rings is 2. The summed E-state index contributed by atoms with van der Waals surface area (Å²) in [6.45, 7) is 0. The Morgan fingerprint density at radius 3 is 2.32 bits per heavy atom. The van der Waals surface area contributed by atoms with Gasteiger partial charge in [-0.05, 0) is 25.0 Å². The highest BCUT2D eigenvalue weighted by Crippen LogP contribution is 2.28. The highest BCUT2D eigenvalue weighted by molar-refractivity contribution is 5.67. The maximum atomic E-state index is 14.1. The number of aromatic nitrogens is 2. The predicted octanol–water partition coefficient (Wildman–Crippen LogP) is 5.66. The van der Waals surface area contributed by atoms with Crippen LogP contribution in [0, 0.1) is 17.5 Å². The van der Waals surface area contributed by atoms with Crippen molar-refractivity contribution in [3.63, 3.8) is 0 Å². The summed E-state index contributed by atoms with van der Waals surface area (Å²) in [5.41, 5.74) is 0.850.